The molecule has 0 fully saturated rings. The number of rotatable bonds is 6. The Morgan fingerprint density at radius 1 is 1.23 bits per heavy atom. The molecule has 0 unspecified atom stereocenters. The summed E-state index contributed by atoms with van der Waals surface area (Å²) in [5, 5.41) is 3.55. The van der Waals surface area contributed by atoms with E-state index in [1.165, 1.54) is 0 Å². The van der Waals surface area contributed by atoms with Crippen LogP contribution in [0.5, 0.6) is 0 Å². The second-order valence-electron chi connectivity index (χ2n) is 8.46. The van der Waals surface area contributed by atoms with Crippen molar-refractivity contribution in [1.82, 2.24) is 15.3 Å². The molecule has 3 rings (SSSR count). The number of H-pyrrole nitrogens is 1. The fraction of sp³-hybridized carbons (Fsp3) is 0.455. The predicted octanol–water partition coefficient (Wildman–Crippen LogP) is 1.52. The van der Waals surface area contributed by atoms with Crippen molar-refractivity contribution < 1.29 is 9.53 Å². The van der Waals surface area contributed by atoms with E-state index in [9.17, 15) is 9.59 Å². The largest absolute Gasteiger partial charge is 0.460 e. The standard InChI is InChI=1S/C22H29N5O3/c1-13-11-16-17(12-14(13)2)27(20-19(26-16)21(29)25-15(3)24-20)10-9-23-8-7-18(28)30-22(4,5)6/h11-12,23H,3,7-10H2,1-2,4-6H3,(H,25,29). The number of anilines is 2. The van der Waals surface area contributed by atoms with Crippen molar-refractivity contribution >= 4 is 29.7 Å². The number of aromatic nitrogens is 2. The molecule has 2 aromatic rings. The highest BCUT2D eigenvalue weighted by Gasteiger charge is 2.23. The van der Waals surface area contributed by atoms with Crippen LogP contribution in [0.25, 0.3) is 6.58 Å². The van der Waals surface area contributed by atoms with Gasteiger partial charge in [-0.05, 0) is 57.9 Å². The van der Waals surface area contributed by atoms with E-state index in [1.807, 2.05) is 45.6 Å². The number of benzene rings is 1. The highest BCUT2D eigenvalue weighted by Crippen LogP contribution is 2.36. The van der Waals surface area contributed by atoms with E-state index in [0.717, 1.165) is 22.5 Å². The minimum Gasteiger partial charge on any atom is -0.460 e. The molecule has 8 heteroatoms. The number of nitrogens with one attached hydrogen (secondary N) is 2. The van der Waals surface area contributed by atoms with Gasteiger partial charge in [0.25, 0.3) is 5.56 Å². The third-order valence-electron chi connectivity index (χ3n) is 4.73. The molecule has 0 spiro atoms. The van der Waals surface area contributed by atoms with Crippen LogP contribution in [0.2, 0.25) is 0 Å². The van der Waals surface area contributed by atoms with Gasteiger partial charge < -0.3 is 19.9 Å². The van der Waals surface area contributed by atoms with Crippen molar-refractivity contribution in [2.45, 2.75) is 46.6 Å². The van der Waals surface area contributed by atoms with E-state index >= 15 is 0 Å². The number of fused-ring (bicyclic) bond motifs is 2. The number of aromatic amines is 1. The van der Waals surface area contributed by atoms with Gasteiger partial charge in [-0.15, -0.1) is 0 Å². The first kappa shape index (κ1) is 21.7. The molecule has 0 aliphatic carbocycles. The zero-order valence-electron chi connectivity index (χ0n) is 18.3. The SMILES string of the molecule is C=c1nc2c(c(=O)[nH]1)=Nc1cc(C)c(C)cc1N2CCNCCC(=O)OC(C)(C)C. The van der Waals surface area contributed by atoms with Gasteiger partial charge in [0.05, 0.1) is 17.8 Å². The summed E-state index contributed by atoms with van der Waals surface area (Å²) in [4.78, 5) is 37.9. The number of aryl methyl sites for hydroxylation is 2. The molecule has 0 bridgehead atoms. The average Bonchev–Trinajstić information content (AvgIpc) is 2.61. The zero-order chi connectivity index (χ0) is 22.1. The monoisotopic (exact) mass is 411 g/mol. The smallest absolute Gasteiger partial charge is 0.307 e. The van der Waals surface area contributed by atoms with Crippen molar-refractivity contribution in [3.05, 3.63) is 44.5 Å². The van der Waals surface area contributed by atoms with Crippen LogP contribution in [0.3, 0.4) is 0 Å². The lowest BCUT2D eigenvalue weighted by Gasteiger charge is -2.28. The van der Waals surface area contributed by atoms with Gasteiger partial charge in [-0.2, -0.15) is 0 Å². The Morgan fingerprint density at radius 2 is 1.93 bits per heavy atom. The summed E-state index contributed by atoms with van der Waals surface area (Å²) < 4.78 is 5.32. The third-order valence-corrected chi connectivity index (χ3v) is 4.73. The molecule has 2 heterocycles. The molecule has 1 aliphatic rings. The molecule has 0 atom stereocenters. The van der Waals surface area contributed by atoms with E-state index < -0.39 is 5.60 Å². The molecule has 30 heavy (non-hydrogen) atoms. The van der Waals surface area contributed by atoms with Gasteiger partial charge in [0.15, 0.2) is 11.2 Å². The average molecular weight is 412 g/mol. The third kappa shape index (κ3) is 4.94. The van der Waals surface area contributed by atoms with Crippen LogP contribution < -0.4 is 26.6 Å². The number of nitrogens with zero attached hydrogens (tertiary/aromatic N) is 3. The summed E-state index contributed by atoms with van der Waals surface area (Å²) in [6.45, 7) is 15.0. The van der Waals surface area contributed by atoms with Gasteiger partial charge in [-0.3, -0.25) is 9.59 Å². The van der Waals surface area contributed by atoms with Gasteiger partial charge in [-0.1, -0.05) is 6.58 Å². The Bertz CT molecular complexity index is 1130. The molecule has 0 saturated carbocycles. The van der Waals surface area contributed by atoms with Crippen molar-refractivity contribution in [3.63, 3.8) is 0 Å². The van der Waals surface area contributed by atoms with Crippen LogP contribution in [0.15, 0.2) is 21.9 Å². The van der Waals surface area contributed by atoms with Gasteiger partial charge in [0, 0.05) is 19.6 Å². The highest BCUT2D eigenvalue weighted by atomic mass is 16.6. The molecule has 0 amide bonds. The quantitative estimate of drug-likeness (QED) is 0.552. The maximum Gasteiger partial charge on any atom is 0.307 e. The van der Waals surface area contributed by atoms with Crippen molar-refractivity contribution in [2.24, 2.45) is 4.99 Å². The summed E-state index contributed by atoms with van der Waals surface area (Å²) in [5.41, 5.74) is 3.38. The topological polar surface area (TPSA) is 99.7 Å². The Balaban J connectivity index is 1.78. The van der Waals surface area contributed by atoms with Crippen LogP contribution in [-0.4, -0.2) is 41.2 Å². The van der Waals surface area contributed by atoms with E-state index in [2.05, 4.69) is 32.9 Å². The van der Waals surface area contributed by atoms with Gasteiger partial charge in [-0.25, -0.2) is 9.98 Å². The zero-order valence-corrected chi connectivity index (χ0v) is 18.3. The molecule has 0 radical (unpaired) electrons. The number of ether oxygens (including phenoxy) is 1. The Hall–Kier alpha value is -3.00. The molecule has 1 aliphatic heterocycles. The number of hydrogen-bond acceptors (Lipinski definition) is 7. The molecular formula is C22H29N5O3. The van der Waals surface area contributed by atoms with E-state index in [4.69, 9.17) is 4.74 Å². The lowest BCUT2D eigenvalue weighted by atomic mass is 10.1. The first-order chi connectivity index (χ1) is 14.0. The number of carbonyl (C=O) groups excluding carboxylic acids is 1. The van der Waals surface area contributed by atoms with E-state index in [1.54, 1.807) is 0 Å². The number of carbonyl (C=O) groups is 1. The molecule has 1 aromatic carbocycles. The first-order valence-corrected chi connectivity index (χ1v) is 10.0. The fourth-order valence-electron chi connectivity index (χ4n) is 3.24. The van der Waals surface area contributed by atoms with Crippen LogP contribution in [0.4, 0.5) is 17.2 Å². The van der Waals surface area contributed by atoms with Crippen LogP contribution in [0, 0.1) is 13.8 Å². The maximum atomic E-state index is 12.4. The minimum absolute atomic E-state index is 0.233. The summed E-state index contributed by atoms with van der Waals surface area (Å²) in [7, 11) is 0. The molecule has 160 valence electrons. The lowest BCUT2D eigenvalue weighted by molar-refractivity contribution is -0.154. The van der Waals surface area contributed by atoms with Gasteiger partial charge in [0.1, 0.15) is 11.1 Å². The minimum atomic E-state index is -0.484. The summed E-state index contributed by atoms with van der Waals surface area (Å²) in [5.74, 6) is 0.261. The summed E-state index contributed by atoms with van der Waals surface area (Å²) >= 11 is 0. The Kier molecular flexibility index (Phi) is 6.07. The Labute approximate surface area is 175 Å². The summed E-state index contributed by atoms with van der Waals surface area (Å²) in [6.07, 6.45) is 0.291. The molecule has 2 N–H and O–H groups in total. The van der Waals surface area contributed by atoms with Gasteiger partial charge >= 0.3 is 5.97 Å². The normalized spacial score (nSPS) is 12.8. The van der Waals surface area contributed by atoms with Crippen LogP contribution in [-0.2, 0) is 9.53 Å². The highest BCUT2D eigenvalue weighted by molar-refractivity contribution is 5.77. The second kappa shape index (κ2) is 8.39. The molecule has 0 saturated heterocycles. The molecular weight excluding hydrogens is 382 g/mol. The fourth-order valence-corrected chi connectivity index (χ4v) is 3.24. The van der Waals surface area contributed by atoms with E-state index in [0.29, 0.717) is 37.4 Å². The summed E-state index contributed by atoms with van der Waals surface area (Å²) in [6, 6.07) is 4.04. The Morgan fingerprint density at radius 3 is 2.63 bits per heavy atom. The van der Waals surface area contributed by atoms with E-state index in [-0.39, 0.29) is 16.9 Å². The van der Waals surface area contributed by atoms with Crippen LogP contribution in [0.1, 0.15) is 38.3 Å². The van der Waals surface area contributed by atoms with Crippen molar-refractivity contribution in [2.75, 3.05) is 24.5 Å². The van der Waals surface area contributed by atoms with Crippen molar-refractivity contribution in [1.29, 1.82) is 0 Å². The predicted molar refractivity (Wildman–Crippen MR) is 117 cm³/mol. The first-order valence-electron chi connectivity index (χ1n) is 10.0. The second-order valence-corrected chi connectivity index (χ2v) is 8.46. The maximum absolute atomic E-state index is 12.4. The van der Waals surface area contributed by atoms with Gasteiger partial charge in [0.2, 0.25) is 0 Å². The lowest BCUT2D eigenvalue weighted by Crippen LogP contribution is -2.44. The van der Waals surface area contributed by atoms with Crippen molar-refractivity contribution in [3.8, 4) is 0 Å². The number of hydrogen-bond donors (Lipinski definition) is 2. The molecule has 8 nitrogen and oxygen atoms in total. The molecule has 1 aromatic heterocycles. The van der Waals surface area contributed by atoms with Crippen LogP contribution >= 0.6 is 0 Å². The number of esters is 1.